The van der Waals surface area contributed by atoms with Gasteiger partial charge in [-0.2, -0.15) is 8.42 Å². The molecule has 0 unspecified atom stereocenters. The van der Waals surface area contributed by atoms with Crippen molar-refractivity contribution >= 4 is 10.1 Å². The summed E-state index contributed by atoms with van der Waals surface area (Å²) in [6.07, 6.45) is -0.618. The van der Waals surface area contributed by atoms with Gasteiger partial charge in [0, 0.05) is 0 Å². The Kier molecular flexibility index (Phi) is 2.48. The zero-order valence-corrected chi connectivity index (χ0v) is 6.87. The van der Waals surface area contributed by atoms with Crippen LogP contribution in [-0.2, 0) is 19.0 Å². The van der Waals surface area contributed by atoms with Gasteiger partial charge in [-0.15, -0.1) is 0 Å². The zero-order chi connectivity index (χ0) is 8.48. The van der Waals surface area contributed by atoms with Crippen molar-refractivity contribution in [3.8, 4) is 0 Å². The lowest BCUT2D eigenvalue weighted by atomic mass is 10.3. The van der Waals surface area contributed by atoms with E-state index >= 15 is 0 Å². The average Bonchev–Trinajstić information content (AvgIpc) is 2.12. The molecule has 0 bridgehead atoms. The number of ether oxygens (including phenoxy) is 1. The van der Waals surface area contributed by atoms with Crippen molar-refractivity contribution in [1.82, 2.24) is 0 Å². The van der Waals surface area contributed by atoms with Crippen LogP contribution in [0.1, 0.15) is 0 Å². The molecule has 0 aromatic carbocycles. The third-order valence-electron chi connectivity index (χ3n) is 1.30. The van der Waals surface area contributed by atoms with Gasteiger partial charge < -0.3 is 9.84 Å². The van der Waals surface area contributed by atoms with Crippen molar-refractivity contribution < 1.29 is 22.4 Å². The van der Waals surface area contributed by atoms with Crippen molar-refractivity contribution in [2.45, 2.75) is 12.2 Å². The van der Waals surface area contributed by atoms with Crippen LogP contribution in [0, 0.1) is 0 Å². The highest BCUT2D eigenvalue weighted by Crippen LogP contribution is 2.11. The Bertz CT molecular complexity index is 221. The van der Waals surface area contributed by atoms with Crippen molar-refractivity contribution in [3.05, 3.63) is 0 Å². The predicted molar refractivity (Wildman–Crippen MR) is 36.5 cm³/mol. The standard InChI is InChI=1S/C5H10O5S/c1-11(7,8)10-5-3-9-2-4(5)6/h4-6H,2-3H2,1H3/t4-,5-/m0/s1. The first kappa shape index (κ1) is 8.92. The molecule has 66 valence electrons. The van der Waals surface area contributed by atoms with E-state index in [4.69, 9.17) is 9.84 Å². The number of rotatable bonds is 2. The van der Waals surface area contributed by atoms with Crippen molar-refractivity contribution in [1.29, 1.82) is 0 Å². The van der Waals surface area contributed by atoms with E-state index in [1.165, 1.54) is 0 Å². The molecule has 0 spiro atoms. The van der Waals surface area contributed by atoms with E-state index in [1.54, 1.807) is 0 Å². The van der Waals surface area contributed by atoms with Crippen LogP contribution >= 0.6 is 0 Å². The second-order valence-corrected chi connectivity index (χ2v) is 4.04. The third kappa shape index (κ3) is 2.74. The first-order valence-corrected chi connectivity index (χ1v) is 4.95. The molecular weight excluding hydrogens is 172 g/mol. The second kappa shape index (κ2) is 3.06. The van der Waals surface area contributed by atoms with Crippen LogP contribution in [-0.4, -0.2) is 45.2 Å². The van der Waals surface area contributed by atoms with Crippen LogP contribution in [0.3, 0.4) is 0 Å². The second-order valence-electron chi connectivity index (χ2n) is 2.44. The van der Waals surface area contributed by atoms with E-state index in [1.807, 2.05) is 0 Å². The maximum atomic E-state index is 10.5. The van der Waals surface area contributed by atoms with Gasteiger partial charge in [0.05, 0.1) is 19.5 Å². The molecule has 0 aliphatic carbocycles. The Labute approximate surface area is 65.0 Å². The van der Waals surface area contributed by atoms with Crippen LogP contribution in [0.5, 0.6) is 0 Å². The molecule has 6 heteroatoms. The molecule has 0 amide bonds. The smallest absolute Gasteiger partial charge is 0.264 e. The summed E-state index contributed by atoms with van der Waals surface area (Å²) in [6, 6.07) is 0. The summed E-state index contributed by atoms with van der Waals surface area (Å²) in [7, 11) is -3.48. The molecule has 1 rings (SSSR count). The van der Waals surface area contributed by atoms with Crippen LogP contribution in [0.4, 0.5) is 0 Å². The van der Waals surface area contributed by atoms with Crippen molar-refractivity contribution in [3.63, 3.8) is 0 Å². The maximum Gasteiger partial charge on any atom is 0.264 e. The Hall–Kier alpha value is -0.170. The maximum absolute atomic E-state index is 10.5. The molecule has 1 aliphatic heterocycles. The SMILES string of the molecule is CS(=O)(=O)O[C@H]1COC[C@@H]1O. The Morgan fingerprint density at radius 1 is 1.55 bits per heavy atom. The van der Waals surface area contributed by atoms with Gasteiger partial charge in [-0.3, -0.25) is 4.18 Å². The number of hydrogen-bond donors (Lipinski definition) is 1. The summed E-state index contributed by atoms with van der Waals surface area (Å²) in [5.74, 6) is 0. The minimum Gasteiger partial charge on any atom is -0.388 e. The molecule has 2 atom stereocenters. The molecule has 5 nitrogen and oxygen atoms in total. The molecule has 1 aliphatic rings. The molecule has 0 radical (unpaired) electrons. The lowest BCUT2D eigenvalue weighted by Crippen LogP contribution is -2.29. The fourth-order valence-corrected chi connectivity index (χ4v) is 1.47. The van der Waals surface area contributed by atoms with Crippen LogP contribution in [0.15, 0.2) is 0 Å². The lowest BCUT2D eigenvalue weighted by Gasteiger charge is -2.10. The summed E-state index contributed by atoms with van der Waals surface area (Å²) >= 11 is 0. The predicted octanol–water partition coefficient (Wildman–Crippen LogP) is -1.28. The summed E-state index contributed by atoms with van der Waals surface area (Å²) in [5, 5.41) is 9.04. The Balaban J connectivity index is 2.50. The summed E-state index contributed by atoms with van der Waals surface area (Å²) < 4.78 is 30.4. The van der Waals surface area contributed by atoms with Gasteiger partial charge in [-0.1, -0.05) is 0 Å². The Morgan fingerprint density at radius 2 is 2.18 bits per heavy atom. The van der Waals surface area contributed by atoms with Crippen LogP contribution in [0.25, 0.3) is 0 Å². The van der Waals surface area contributed by atoms with Crippen LogP contribution < -0.4 is 0 Å². The molecule has 11 heavy (non-hydrogen) atoms. The van der Waals surface area contributed by atoms with Gasteiger partial charge in [0.2, 0.25) is 0 Å². The molecule has 1 fully saturated rings. The van der Waals surface area contributed by atoms with E-state index in [0.717, 1.165) is 6.26 Å². The lowest BCUT2D eigenvalue weighted by molar-refractivity contribution is 0.0779. The van der Waals surface area contributed by atoms with Crippen molar-refractivity contribution in [2.75, 3.05) is 19.5 Å². The minimum absolute atomic E-state index is 0.133. The van der Waals surface area contributed by atoms with Gasteiger partial charge in [0.15, 0.2) is 0 Å². The van der Waals surface area contributed by atoms with E-state index in [9.17, 15) is 8.42 Å². The van der Waals surface area contributed by atoms with E-state index in [2.05, 4.69) is 4.18 Å². The molecule has 0 aromatic heterocycles. The van der Waals surface area contributed by atoms with Crippen LogP contribution in [0.2, 0.25) is 0 Å². The third-order valence-corrected chi connectivity index (χ3v) is 1.90. The quantitative estimate of drug-likeness (QED) is 0.539. The number of hydrogen-bond acceptors (Lipinski definition) is 5. The average molecular weight is 182 g/mol. The van der Waals surface area contributed by atoms with E-state index < -0.39 is 22.3 Å². The van der Waals surface area contributed by atoms with Crippen molar-refractivity contribution in [2.24, 2.45) is 0 Å². The van der Waals surface area contributed by atoms with E-state index in [-0.39, 0.29) is 13.2 Å². The highest BCUT2D eigenvalue weighted by atomic mass is 32.2. The normalized spacial score (nSPS) is 32.5. The summed E-state index contributed by atoms with van der Waals surface area (Å²) in [5.41, 5.74) is 0. The highest BCUT2D eigenvalue weighted by molar-refractivity contribution is 7.86. The van der Waals surface area contributed by atoms with Gasteiger partial charge >= 0.3 is 0 Å². The monoisotopic (exact) mass is 182 g/mol. The van der Waals surface area contributed by atoms with Gasteiger partial charge in [0.1, 0.15) is 12.2 Å². The van der Waals surface area contributed by atoms with Gasteiger partial charge in [-0.05, 0) is 0 Å². The first-order valence-electron chi connectivity index (χ1n) is 3.13. The number of aliphatic hydroxyl groups excluding tert-OH is 1. The van der Waals surface area contributed by atoms with E-state index in [0.29, 0.717) is 0 Å². The van der Waals surface area contributed by atoms with Gasteiger partial charge in [-0.25, -0.2) is 0 Å². The fourth-order valence-electron chi connectivity index (χ4n) is 0.840. The topological polar surface area (TPSA) is 72.8 Å². The number of aliphatic hydroxyl groups is 1. The zero-order valence-electron chi connectivity index (χ0n) is 6.06. The largest absolute Gasteiger partial charge is 0.388 e. The van der Waals surface area contributed by atoms with Gasteiger partial charge in [0.25, 0.3) is 10.1 Å². The minimum atomic E-state index is -3.48. The molecule has 0 aromatic rings. The molecule has 0 saturated carbocycles. The Morgan fingerprint density at radius 3 is 2.55 bits per heavy atom. The molecular formula is C5H10O5S. The summed E-state index contributed by atoms with van der Waals surface area (Å²) in [6.45, 7) is 0.272. The molecule has 1 N–H and O–H groups in total. The molecule has 1 saturated heterocycles. The first-order chi connectivity index (χ1) is 4.99. The summed E-state index contributed by atoms with van der Waals surface area (Å²) in [4.78, 5) is 0. The highest BCUT2D eigenvalue weighted by Gasteiger charge is 2.29. The molecule has 1 heterocycles. The fraction of sp³-hybridized carbons (Fsp3) is 1.00.